The highest BCUT2D eigenvalue weighted by Gasteiger charge is 2.52. The first-order valence-corrected chi connectivity index (χ1v) is 3.72. The third-order valence-corrected chi connectivity index (χ3v) is 2.67. The predicted molar refractivity (Wildman–Crippen MR) is 36.1 cm³/mol. The van der Waals surface area contributed by atoms with E-state index in [1.807, 2.05) is 0 Å². The van der Waals surface area contributed by atoms with E-state index in [-0.39, 0.29) is 0 Å². The first-order valence-electron chi connectivity index (χ1n) is 3.72. The minimum atomic E-state index is 0.488. The topological polar surface area (TPSA) is 40.1 Å². The van der Waals surface area contributed by atoms with Gasteiger partial charge in [-0.05, 0) is 19.3 Å². The fourth-order valence-electron chi connectivity index (χ4n) is 1.77. The maximum absolute atomic E-state index is 5.77. The molecule has 1 aliphatic carbocycles. The quantitative estimate of drug-likeness (QED) is 0.490. The lowest BCUT2D eigenvalue weighted by Gasteiger charge is -2.20. The fourth-order valence-corrected chi connectivity index (χ4v) is 1.77. The van der Waals surface area contributed by atoms with Crippen molar-refractivity contribution in [1.29, 1.82) is 0 Å². The lowest BCUT2D eigenvalue weighted by Crippen LogP contribution is -2.30. The summed E-state index contributed by atoms with van der Waals surface area (Å²) in [4.78, 5) is 0. The highest BCUT2D eigenvalue weighted by Crippen LogP contribution is 2.49. The van der Waals surface area contributed by atoms with Crippen LogP contribution in [-0.2, 0) is 0 Å². The molecule has 2 N–H and O–H groups in total. The average Bonchev–Trinajstić information content (AvgIpc) is 2.44. The molecule has 1 heterocycles. The minimum absolute atomic E-state index is 0.488. The van der Waals surface area contributed by atoms with Gasteiger partial charge < -0.3 is 5.73 Å². The minimum Gasteiger partial charge on any atom is -0.327 e. The second-order valence-electron chi connectivity index (χ2n) is 3.38. The highest BCUT2D eigenvalue weighted by molar-refractivity contribution is 5.08. The van der Waals surface area contributed by atoms with Crippen molar-refractivity contribution in [2.45, 2.75) is 25.3 Å². The van der Waals surface area contributed by atoms with Crippen LogP contribution in [0.15, 0.2) is 0 Å². The van der Waals surface area contributed by atoms with Crippen LogP contribution in [0.25, 0.3) is 0 Å². The summed E-state index contributed by atoms with van der Waals surface area (Å²) in [7, 11) is 0. The van der Waals surface area contributed by atoms with Crippen LogP contribution >= 0.6 is 0 Å². The van der Waals surface area contributed by atoms with Crippen LogP contribution in [0.1, 0.15) is 19.3 Å². The Hall–Kier alpha value is -0.0800. The van der Waals surface area contributed by atoms with Gasteiger partial charge in [-0.2, -0.15) is 0 Å². The Morgan fingerprint density at radius 2 is 2.33 bits per heavy atom. The van der Waals surface area contributed by atoms with Crippen molar-refractivity contribution in [1.82, 2.24) is 5.32 Å². The van der Waals surface area contributed by atoms with E-state index in [1.165, 1.54) is 19.3 Å². The van der Waals surface area contributed by atoms with Gasteiger partial charge in [-0.15, -0.1) is 0 Å². The molecule has 2 fully saturated rings. The number of nitrogens with two attached hydrogens (primary N) is 1. The predicted octanol–water partition coefficient (Wildman–Crippen LogP) is 0.102. The van der Waals surface area contributed by atoms with Gasteiger partial charge in [-0.3, -0.25) is 0 Å². The van der Waals surface area contributed by atoms with Crippen LogP contribution < -0.4 is 11.1 Å². The van der Waals surface area contributed by atoms with Gasteiger partial charge in [0.25, 0.3) is 0 Å². The smallest absolute Gasteiger partial charge is 0.0205 e. The van der Waals surface area contributed by atoms with Crippen molar-refractivity contribution in [3.05, 3.63) is 0 Å². The van der Waals surface area contributed by atoms with Gasteiger partial charge in [-0.25, -0.2) is 5.32 Å². The number of hydrogen-bond acceptors (Lipinski definition) is 1. The molecule has 9 heavy (non-hydrogen) atoms. The van der Waals surface area contributed by atoms with Crippen molar-refractivity contribution in [3.63, 3.8) is 0 Å². The van der Waals surface area contributed by atoms with E-state index in [0.29, 0.717) is 11.5 Å². The van der Waals surface area contributed by atoms with Gasteiger partial charge in [0.05, 0.1) is 0 Å². The SMILES string of the molecule is NC1CC12CCC[N]C2. The molecule has 2 nitrogen and oxygen atoms in total. The van der Waals surface area contributed by atoms with Crippen LogP contribution in [-0.4, -0.2) is 19.1 Å². The largest absolute Gasteiger partial charge is 0.327 e. The zero-order valence-electron chi connectivity index (χ0n) is 5.64. The van der Waals surface area contributed by atoms with E-state index in [1.54, 1.807) is 0 Å². The molecule has 1 saturated carbocycles. The van der Waals surface area contributed by atoms with Gasteiger partial charge >= 0.3 is 0 Å². The van der Waals surface area contributed by atoms with Crippen LogP contribution in [0.4, 0.5) is 0 Å². The second-order valence-corrected chi connectivity index (χ2v) is 3.38. The normalized spacial score (nSPS) is 49.7. The summed E-state index contributed by atoms with van der Waals surface area (Å²) in [6.07, 6.45) is 3.84. The summed E-state index contributed by atoms with van der Waals surface area (Å²) in [5.41, 5.74) is 6.27. The summed E-state index contributed by atoms with van der Waals surface area (Å²) in [5.74, 6) is 0. The molecular weight excluding hydrogens is 112 g/mol. The van der Waals surface area contributed by atoms with Gasteiger partial charge in [0.1, 0.15) is 0 Å². The lowest BCUT2D eigenvalue weighted by atomic mass is 9.96. The summed E-state index contributed by atoms with van der Waals surface area (Å²) in [6.45, 7) is 2.13. The van der Waals surface area contributed by atoms with Crippen LogP contribution in [0.2, 0.25) is 0 Å². The van der Waals surface area contributed by atoms with Crippen molar-refractivity contribution in [3.8, 4) is 0 Å². The average molecular weight is 125 g/mol. The lowest BCUT2D eigenvalue weighted by molar-refractivity contribution is 0.341. The monoisotopic (exact) mass is 125 g/mol. The fraction of sp³-hybridized carbons (Fsp3) is 1.00. The molecule has 1 saturated heterocycles. The van der Waals surface area contributed by atoms with Gasteiger partial charge in [0, 0.05) is 24.5 Å². The molecule has 0 bridgehead atoms. The van der Waals surface area contributed by atoms with Gasteiger partial charge in [0.2, 0.25) is 0 Å². The number of piperidine rings is 1. The van der Waals surface area contributed by atoms with E-state index in [2.05, 4.69) is 5.32 Å². The highest BCUT2D eigenvalue weighted by atomic mass is 15.0. The second kappa shape index (κ2) is 1.70. The zero-order chi connectivity index (χ0) is 6.32. The summed E-state index contributed by atoms with van der Waals surface area (Å²) in [6, 6.07) is 0.488. The molecule has 51 valence electrons. The molecule has 0 amide bonds. The summed E-state index contributed by atoms with van der Waals surface area (Å²) in [5, 5.41) is 4.36. The first-order chi connectivity index (χ1) is 4.33. The zero-order valence-corrected chi connectivity index (χ0v) is 5.64. The molecule has 2 rings (SSSR count). The maximum atomic E-state index is 5.77. The van der Waals surface area contributed by atoms with E-state index in [4.69, 9.17) is 5.73 Å². The molecule has 2 heteroatoms. The van der Waals surface area contributed by atoms with Crippen LogP contribution in [0, 0.1) is 5.41 Å². The summed E-state index contributed by atoms with van der Waals surface area (Å²) < 4.78 is 0. The molecule has 2 unspecified atom stereocenters. The molecule has 2 aliphatic rings. The van der Waals surface area contributed by atoms with E-state index < -0.39 is 0 Å². The molecule has 1 radical (unpaired) electrons. The first kappa shape index (κ1) is 5.69. The molecule has 0 aromatic carbocycles. The van der Waals surface area contributed by atoms with Crippen molar-refractivity contribution in [2.24, 2.45) is 11.1 Å². The summed E-state index contributed by atoms with van der Waals surface area (Å²) >= 11 is 0. The Kier molecular flexibility index (Phi) is 1.08. The molecule has 2 atom stereocenters. The number of rotatable bonds is 0. The van der Waals surface area contributed by atoms with Crippen LogP contribution in [0.3, 0.4) is 0 Å². The Labute approximate surface area is 55.8 Å². The van der Waals surface area contributed by atoms with Gasteiger partial charge in [0.15, 0.2) is 0 Å². The standard InChI is InChI=1S/C7H13N2/c8-6-4-7(6)2-1-3-9-5-7/h6H,1-5,8H2. The maximum Gasteiger partial charge on any atom is 0.0205 e. The van der Waals surface area contributed by atoms with E-state index in [0.717, 1.165) is 13.1 Å². The van der Waals surface area contributed by atoms with E-state index >= 15 is 0 Å². The molecule has 0 aromatic heterocycles. The Morgan fingerprint density at radius 1 is 1.56 bits per heavy atom. The molecular formula is C7H13N2. The Bertz CT molecular complexity index is 116. The Balaban J connectivity index is 1.97. The number of nitrogens with zero attached hydrogens (tertiary/aromatic N) is 1. The van der Waals surface area contributed by atoms with E-state index in [9.17, 15) is 0 Å². The van der Waals surface area contributed by atoms with Gasteiger partial charge in [-0.1, -0.05) is 0 Å². The van der Waals surface area contributed by atoms with Crippen molar-refractivity contribution < 1.29 is 0 Å². The molecule has 0 aromatic rings. The third kappa shape index (κ3) is 0.775. The van der Waals surface area contributed by atoms with Crippen molar-refractivity contribution in [2.75, 3.05) is 13.1 Å². The van der Waals surface area contributed by atoms with Crippen LogP contribution in [0.5, 0.6) is 0 Å². The number of hydrogen-bond donors (Lipinski definition) is 1. The molecule has 1 spiro atoms. The molecule has 1 aliphatic heterocycles. The third-order valence-electron chi connectivity index (χ3n) is 2.67. The van der Waals surface area contributed by atoms with Crippen molar-refractivity contribution >= 4 is 0 Å². The Morgan fingerprint density at radius 3 is 2.67 bits per heavy atom.